The van der Waals surface area contributed by atoms with Crippen molar-refractivity contribution in [1.29, 1.82) is 0 Å². The zero-order valence-electron chi connectivity index (χ0n) is 10.9. The van der Waals surface area contributed by atoms with Crippen molar-refractivity contribution in [3.05, 3.63) is 18.0 Å². The fraction of sp³-hybridized carbons (Fsp3) is 0.769. The second-order valence-corrected chi connectivity index (χ2v) is 4.80. The molecule has 0 radical (unpaired) electrons. The molecule has 2 rings (SSSR count). The van der Waals surface area contributed by atoms with Crippen LogP contribution >= 0.6 is 0 Å². The molecule has 0 saturated carbocycles. The summed E-state index contributed by atoms with van der Waals surface area (Å²) >= 11 is 0. The van der Waals surface area contributed by atoms with Crippen LogP contribution in [0.2, 0.25) is 0 Å². The minimum Gasteiger partial charge on any atom is -0.381 e. The molecule has 0 aliphatic carbocycles. The van der Waals surface area contributed by atoms with Gasteiger partial charge in [0.05, 0.1) is 5.69 Å². The molecule has 1 aliphatic heterocycles. The first-order valence-corrected chi connectivity index (χ1v) is 6.59. The van der Waals surface area contributed by atoms with Crippen molar-refractivity contribution in [2.45, 2.75) is 32.2 Å². The Balaban J connectivity index is 1.95. The first-order chi connectivity index (χ1) is 8.29. The SMILES string of the molecule is CCNC(Cc1ccn(C)n1)C1CCOCC1. The summed E-state index contributed by atoms with van der Waals surface area (Å²) in [6.07, 6.45) is 5.39. The lowest BCUT2D eigenvalue weighted by molar-refractivity contribution is 0.0538. The summed E-state index contributed by atoms with van der Waals surface area (Å²) in [5, 5.41) is 8.08. The van der Waals surface area contributed by atoms with E-state index in [0.29, 0.717) is 6.04 Å². The van der Waals surface area contributed by atoms with Gasteiger partial charge in [-0.2, -0.15) is 5.10 Å². The lowest BCUT2D eigenvalue weighted by Crippen LogP contribution is -2.40. The third kappa shape index (κ3) is 3.54. The minimum atomic E-state index is 0.541. The maximum absolute atomic E-state index is 5.43. The maximum Gasteiger partial charge on any atom is 0.0640 e. The van der Waals surface area contributed by atoms with E-state index < -0.39 is 0 Å². The van der Waals surface area contributed by atoms with Crippen LogP contribution in [0.4, 0.5) is 0 Å². The summed E-state index contributed by atoms with van der Waals surface area (Å²) in [6.45, 7) is 5.02. The van der Waals surface area contributed by atoms with Crippen molar-refractivity contribution in [2.24, 2.45) is 13.0 Å². The van der Waals surface area contributed by atoms with Gasteiger partial charge in [-0.25, -0.2) is 0 Å². The molecule has 4 nitrogen and oxygen atoms in total. The Morgan fingerprint density at radius 1 is 1.53 bits per heavy atom. The summed E-state index contributed by atoms with van der Waals surface area (Å²) in [5.74, 6) is 0.728. The number of hydrogen-bond donors (Lipinski definition) is 1. The smallest absolute Gasteiger partial charge is 0.0640 e. The standard InChI is InChI=1S/C13H23N3O/c1-3-14-13(11-5-8-17-9-6-11)10-12-4-7-16(2)15-12/h4,7,11,13-14H,3,5-6,8-10H2,1-2H3. The molecule has 1 N–H and O–H groups in total. The van der Waals surface area contributed by atoms with E-state index in [1.165, 1.54) is 18.5 Å². The van der Waals surface area contributed by atoms with Crippen molar-refractivity contribution in [3.8, 4) is 0 Å². The monoisotopic (exact) mass is 237 g/mol. The molecule has 96 valence electrons. The molecule has 1 atom stereocenters. The molecule has 0 bridgehead atoms. The minimum absolute atomic E-state index is 0.541. The molecule has 1 unspecified atom stereocenters. The van der Waals surface area contributed by atoms with Crippen LogP contribution in [0.5, 0.6) is 0 Å². The van der Waals surface area contributed by atoms with E-state index in [0.717, 1.165) is 32.1 Å². The van der Waals surface area contributed by atoms with Crippen LogP contribution in [0.1, 0.15) is 25.5 Å². The van der Waals surface area contributed by atoms with Crippen LogP contribution < -0.4 is 5.32 Å². The van der Waals surface area contributed by atoms with E-state index in [1.54, 1.807) is 0 Å². The van der Waals surface area contributed by atoms with Crippen molar-refractivity contribution in [3.63, 3.8) is 0 Å². The van der Waals surface area contributed by atoms with Gasteiger partial charge >= 0.3 is 0 Å². The van der Waals surface area contributed by atoms with Gasteiger partial charge in [0, 0.05) is 38.9 Å². The van der Waals surface area contributed by atoms with Gasteiger partial charge in [0.25, 0.3) is 0 Å². The van der Waals surface area contributed by atoms with Gasteiger partial charge in [-0.15, -0.1) is 0 Å². The highest BCUT2D eigenvalue weighted by Crippen LogP contribution is 2.21. The Bertz CT molecular complexity index is 331. The quantitative estimate of drug-likeness (QED) is 0.840. The van der Waals surface area contributed by atoms with Crippen LogP contribution in [0.25, 0.3) is 0 Å². The van der Waals surface area contributed by atoms with Crippen molar-refractivity contribution in [1.82, 2.24) is 15.1 Å². The highest BCUT2D eigenvalue weighted by Gasteiger charge is 2.24. The van der Waals surface area contributed by atoms with Gasteiger partial charge in [0.15, 0.2) is 0 Å². The van der Waals surface area contributed by atoms with Crippen molar-refractivity contribution in [2.75, 3.05) is 19.8 Å². The topological polar surface area (TPSA) is 39.1 Å². The molecular formula is C13H23N3O. The molecule has 0 amide bonds. The van der Waals surface area contributed by atoms with E-state index >= 15 is 0 Å². The van der Waals surface area contributed by atoms with E-state index in [9.17, 15) is 0 Å². The molecule has 1 saturated heterocycles. The van der Waals surface area contributed by atoms with Crippen molar-refractivity contribution >= 4 is 0 Å². The molecule has 0 aromatic carbocycles. The number of ether oxygens (including phenoxy) is 1. The van der Waals surface area contributed by atoms with Gasteiger partial charge in [-0.3, -0.25) is 4.68 Å². The summed E-state index contributed by atoms with van der Waals surface area (Å²) < 4.78 is 7.31. The number of aryl methyl sites for hydroxylation is 1. The van der Waals surface area contributed by atoms with Gasteiger partial charge in [-0.1, -0.05) is 6.92 Å². The molecule has 2 heterocycles. The average Bonchev–Trinajstić information content (AvgIpc) is 2.75. The molecule has 1 fully saturated rings. The normalized spacial score (nSPS) is 19.4. The van der Waals surface area contributed by atoms with Gasteiger partial charge in [0.1, 0.15) is 0 Å². The zero-order chi connectivity index (χ0) is 12.1. The third-order valence-electron chi connectivity index (χ3n) is 3.50. The fourth-order valence-corrected chi connectivity index (χ4v) is 2.58. The van der Waals surface area contributed by atoms with Crippen LogP contribution in [-0.2, 0) is 18.2 Å². The zero-order valence-corrected chi connectivity index (χ0v) is 10.9. The van der Waals surface area contributed by atoms with E-state index in [4.69, 9.17) is 4.74 Å². The first-order valence-electron chi connectivity index (χ1n) is 6.59. The fourth-order valence-electron chi connectivity index (χ4n) is 2.58. The van der Waals surface area contributed by atoms with Crippen LogP contribution in [0.15, 0.2) is 12.3 Å². The number of nitrogens with zero attached hydrogens (tertiary/aromatic N) is 2. The predicted molar refractivity (Wildman–Crippen MR) is 67.9 cm³/mol. The van der Waals surface area contributed by atoms with Gasteiger partial charge < -0.3 is 10.1 Å². The number of aromatic nitrogens is 2. The molecule has 4 heteroatoms. The number of likely N-dealkylation sites (N-methyl/N-ethyl adjacent to an activating group) is 1. The third-order valence-corrected chi connectivity index (χ3v) is 3.50. The summed E-state index contributed by atoms with van der Waals surface area (Å²) in [5.41, 5.74) is 1.19. The van der Waals surface area contributed by atoms with Crippen LogP contribution in [0, 0.1) is 5.92 Å². The largest absolute Gasteiger partial charge is 0.381 e. The highest BCUT2D eigenvalue weighted by atomic mass is 16.5. The number of rotatable bonds is 5. The van der Waals surface area contributed by atoms with E-state index in [1.807, 2.05) is 17.9 Å². The second-order valence-electron chi connectivity index (χ2n) is 4.80. The Kier molecular flexibility index (Phi) is 4.57. The maximum atomic E-state index is 5.43. The Morgan fingerprint density at radius 2 is 2.29 bits per heavy atom. The van der Waals surface area contributed by atoms with Gasteiger partial charge in [-0.05, 0) is 31.4 Å². The predicted octanol–water partition coefficient (Wildman–Crippen LogP) is 1.37. The Hall–Kier alpha value is -0.870. The van der Waals surface area contributed by atoms with E-state index in [2.05, 4.69) is 23.4 Å². The van der Waals surface area contributed by atoms with E-state index in [-0.39, 0.29) is 0 Å². The molecule has 17 heavy (non-hydrogen) atoms. The molecular weight excluding hydrogens is 214 g/mol. The number of hydrogen-bond acceptors (Lipinski definition) is 3. The summed E-state index contributed by atoms with van der Waals surface area (Å²) in [6, 6.07) is 2.66. The highest BCUT2D eigenvalue weighted by molar-refractivity contribution is 5.02. The van der Waals surface area contributed by atoms with Crippen LogP contribution in [0.3, 0.4) is 0 Å². The molecule has 1 aromatic rings. The summed E-state index contributed by atoms with van der Waals surface area (Å²) in [7, 11) is 1.97. The first kappa shape index (κ1) is 12.6. The molecule has 1 aromatic heterocycles. The Morgan fingerprint density at radius 3 is 2.88 bits per heavy atom. The number of nitrogens with one attached hydrogen (secondary N) is 1. The summed E-state index contributed by atoms with van der Waals surface area (Å²) in [4.78, 5) is 0. The second kappa shape index (κ2) is 6.17. The Labute approximate surface area is 103 Å². The lowest BCUT2D eigenvalue weighted by Gasteiger charge is -2.30. The van der Waals surface area contributed by atoms with Gasteiger partial charge in [0.2, 0.25) is 0 Å². The van der Waals surface area contributed by atoms with Crippen LogP contribution in [-0.4, -0.2) is 35.6 Å². The lowest BCUT2D eigenvalue weighted by atomic mass is 9.89. The van der Waals surface area contributed by atoms with Crippen molar-refractivity contribution < 1.29 is 4.74 Å². The average molecular weight is 237 g/mol. The molecule has 0 spiro atoms. The molecule has 1 aliphatic rings.